The first-order chi connectivity index (χ1) is 13.1. The normalized spacial score (nSPS) is 11.3. The van der Waals surface area contributed by atoms with Crippen molar-refractivity contribution in [2.45, 2.75) is 26.4 Å². The Morgan fingerprint density at radius 2 is 1.82 bits per heavy atom. The van der Waals surface area contributed by atoms with Crippen LogP contribution in [0.5, 0.6) is 0 Å². The van der Waals surface area contributed by atoms with Crippen molar-refractivity contribution < 1.29 is 14.3 Å². The first kappa shape index (κ1) is 20.8. The van der Waals surface area contributed by atoms with Crippen LogP contribution >= 0.6 is 0 Å². The number of aromatic nitrogens is 1. The summed E-state index contributed by atoms with van der Waals surface area (Å²) in [6.45, 7) is 5.07. The van der Waals surface area contributed by atoms with E-state index in [4.69, 9.17) is 10.5 Å². The molecule has 0 unspecified atom stereocenters. The summed E-state index contributed by atoms with van der Waals surface area (Å²) in [7, 11) is 1.47. The van der Waals surface area contributed by atoms with Crippen LogP contribution in [-0.4, -0.2) is 41.1 Å². The standard InChI is InChI=1S/C19H24N6O3/c1-19(2,3)28-18(27)25(4)12-16(26)21-15-11-10-14(17(20)22-15)24-23-13-8-6-5-7-9-13/h5-11H,12H2,1-4H3,(H3,20,21,22,26). The van der Waals surface area contributed by atoms with E-state index in [2.05, 4.69) is 20.5 Å². The molecule has 0 aliphatic carbocycles. The van der Waals surface area contributed by atoms with E-state index in [-0.39, 0.29) is 18.2 Å². The Balaban J connectivity index is 1.95. The number of carbonyl (C=O) groups excluding carboxylic acids is 2. The Bertz CT molecular complexity index is 862. The van der Waals surface area contributed by atoms with E-state index in [1.807, 2.05) is 30.3 Å². The van der Waals surface area contributed by atoms with Gasteiger partial charge in [0, 0.05) is 7.05 Å². The molecular weight excluding hydrogens is 360 g/mol. The van der Waals surface area contributed by atoms with Gasteiger partial charge in [-0.1, -0.05) is 18.2 Å². The number of nitrogens with two attached hydrogens (primary N) is 1. The molecule has 1 heterocycles. The predicted molar refractivity (Wildman–Crippen MR) is 107 cm³/mol. The Labute approximate surface area is 163 Å². The lowest BCUT2D eigenvalue weighted by Crippen LogP contribution is -2.38. The first-order valence-electron chi connectivity index (χ1n) is 8.61. The summed E-state index contributed by atoms with van der Waals surface area (Å²) in [6.07, 6.45) is -0.591. The zero-order valence-electron chi connectivity index (χ0n) is 16.3. The molecule has 0 atom stereocenters. The van der Waals surface area contributed by atoms with Gasteiger partial charge in [-0.15, -0.1) is 5.11 Å². The highest BCUT2D eigenvalue weighted by Crippen LogP contribution is 2.24. The Morgan fingerprint density at radius 1 is 1.14 bits per heavy atom. The quantitative estimate of drug-likeness (QED) is 0.757. The van der Waals surface area contributed by atoms with Crippen LogP contribution in [0, 0.1) is 0 Å². The van der Waals surface area contributed by atoms with Crippen LogP contribution in [0.2, 0.25) is 0 Å². The predicted octanol–water partition coefficient (Wildman–Crippen LogP) is 3.88. The summed E-state index contributed by atoms with van der Waals surface area (Å²) < 4.78 is 5.20. The monoisotopic (exact) mass is 384 g/mol. The van der Waals surface area contributed by atoms with E-state index in [1.54, 1.807) is 32.9 Å². The van der Waals surface area contributed by atoms with E-state index < -0.39 is 17.6 Å². The van der Waals surface area contributed by atoms with Gasteiger partial charge in [-0.25, -0.2) is 9.78 Å². The van der Waals surface area contributed by atoms with Crippen molar-refractivity contribution in [2.75, 3.05) is 24.6 Å². The molecule has 9 nitrogen and oxygen atoms in total. The summed E-state index contributed by atoms with van der Waals surface area (Å²) in [5.41, 5.74) is 6.31. The van der Waals surface area contributed by atoms with Gasteiger partial charge in [-0.3, -0.25) is 4.79 Å². The highest BCUT2D eigenvalue weighted by molar-refractivity contribution is 5.93. The number of benzene rings is 1. The zero-order valence-corrected chi connectivity index (χ0v) is 16.3. The van der Waals surface area contributed by atoms with Gasteiger partial charge in [0.15, 0.2) is 5.82 Å². The number of hydrogen-bond acceptors (Lipinski definition) is 7. The van der Waals surface area contributed by atoms with E-state index in [1.165, 1.54) is 11.9 Å². The van der Waals surface area contributed by atoms with Gasteiger partial charge >= 0.3 is 6.09 Å². The van der Waals surface area contributed by atoms with Crippen LogP contribution in [0.1, 0.15) is 20.8 Å². The van der Waals surface area contributed by atoms with Gasteiger partial charge in [-0.05, 0) is 45.0 Å². The van der Waals surface area contributed by atoms with Gasteiger partial charge in [0.1, 0.15) is 23.7 Å². The molecule has 2 aromatic rings. The van der Waals surface area contributed by atoms with E-state index in [0.717, 1.165) is 0 Å². The van der Waals surface area contributed by atoms with Crippen molar-refractivity contribution in [3.8, 4) is 0 Å². The van der Waals surface area contributed by atoms with E-state index in [9.17, 15) is 9.59 Å². The van der Waals surface area contributed by atoms with Gasteiger partial charge in [0.05, 0.1) is 5.69 Å². The van der Waals surface area contributed by atoms with Crippen molar-refractivity contribution >= 4 is 35.0 Å². The fourth-order valence-electron chi connectivity index (χ4n) is 2.03. The highest BCUT2D eigenvalue weighted by Gasteiger charge is 2.21. The molecule has 0 aliphatic rings. The lowest BCUT2D eigenvalue weighted by molar-refractivity contribution is -0.117. The fourth-order valence-corrected chi connectivity index (χ4v) is 2.03. The number of carbonyl (C=O) groups is 2. The molecule has 0 aliphatic heterocycles. The summed E-state index contributed by atoms with van der Waals surface area (Å²) in [6, 6.07) is 12.4. The minimum atomic E-state index is -0.637. The average Bonchev–Trinajstić information content (AvgIpc) is 2.60. The molecule has 28 heavy (non-hydrogen) atoms. The molecule has 0 saturated heterocycles. The van der Waals surface area contributed by atoms with Crippen LogP contribution in [0.3, 0.4) is 0 Å². The van der Waals surface area contributed by atoms with Crippen LogP contribution in [0.25, 0.3) is 0 Å². The van der Waals surface area contributed by atoms with Crippen molar-refractivity contribution in [3.05, 3.63) is 42.5 Å². The molecule has 0 saturated carbocycles. The van der Waals surface area contributed by atoms with E-state index in [0.29, 0.717) is 11.4 Å². The molecule has 1 aromatic heterocycles. The minimum absolute atomic E-state index is 0.123. The van der Waals surface area contributed by atoms with Gasteiger partial charge in [0.25, 0.3) is 0 Å². The third-order valence-corrected chi connectivity index (χ3v) is 3.29. The second-order valence-electron chi connectivity index (χ2n) is 7.02. The SMILES string of the molecule is CN(CC(=O)Nc1ccc(N=Nc2ccccc2)c(N)n1)C(=O)OC(C)(C)C. The first-order valence-corrected chi connectivity index (χ1v) is 8.61. The molecular formula is C19H24N6O3. The van der Waals surface area contributed by atoms with Crippen molar-refractivity contribution in [1.29, 1.82) is 0 Å². The summed E-state index contributed by atoms with van der Waals surface area (Å²) >= 11 is 0. The molecule has 9 heteroatoms. The third kappa shape index (κ3) is 6.67. The molecule has 1 aromatic carbocycles. The van der Waals surface area contributed by atoms with Gasteiger partial charge in [-0.2, -0.15) is 5.11 Å². The Kier molecular flexibility index (Phi) is 6.64. The second-order valence-corrected chi connectivity index (χ2v) is 7.02. The molecule has 3 N–H and O–H groups in total. The van der Waals surface area contributed by atoms with Crippen LogP contribution in [0.15, 0.2) is 52.7 Å². The number of anilines is 2. The average molecular weight is 384 g/mol. The molecule has 148 valence electrons. The lowest BCUT2D eigenvalue weighted by Gasteiger charge is -2.24. The molecule has 2 amide bonds. The van der Waals surface area contributed by atoms with Crippen LogP contribution < -0.4 is 11.1 Å². The maximum absolute atomic E-state index is 12.1. The lowest BCUT2D eigenvalue weighted by atomic mass is 10.2. The second kappa shape index (κ2) is 8.94. The van der Waals surface area contributed by atoms with Gasteiger partial charge in [0.2, 0.25) is 5.91 Å². The number of rotatable bonds is 5. The number of ether oxygens (including phenoxy) is 1. The summed E-state index contributed by atoms with van der Waals surface area (Å²) in [5.74, 6) is -0.0596. The van der Waals surface area contributed by atoms with Crippen molar-refractivity contribution in [3.63, 3.8) is 0 Å². The molecule has 0 bridgehead atoms. The fraction of sp³-hybridized carbons (Fsp3) is 0.316. The third-order valence-electron chi connectivity index (χ3n) is 3.29. The number of hydrogen-bond donors (Lipinski definition) is 2. The number of azo groups is 1. The number of nitrogens with one attached hydrogen (secondary N) is 1. The van der Waals surface area contributed by atoms with Crippen LogP contribution in [0.4, 0.5) is 27.8 Å². The Hall–Kier alpha value is -3.49. The molecule has 2 rings (SSSR count). The summed E-state index contributed by atoms with van der Waals surface area (Å²) in [4.78, 5) is 29.3. The smallest absolute Gasteiger partial charge is 0.410 e. The Morgan fingerprint density at radius 3 is 2.43 bits per heavy atom. The maximum atomic E-state index is 12.1. The minimum Gasteiger partial charge on any atom is -0.444 e. The zero-order chi connectivity index (χ0) is 20.7. The van der Waals surface area contributed by atoms with Crippen molar-refractivity contribution in [1.82, 2.24) is 9.88 Å². The molecule has 0 fully saturated rings. The number of nitrogens with zero attached hydrogens (tertiary/aromatic N) is 4. The van der Waals surface area contributed by atoms with Crippen molar-refractivity contribution in [2.24, 2.45) is 10.2 Å². The van der Waals surface area contributed by atoms with E-state index >= 15 is 0 Å². The molecule has 0 spiro atoms. The maximum Gasteiger partial charge on any atom is 0.410 e. The largest absolute Gasteiger partial charge is 0.444 e. The number of pyridine rings is 1. The molecule has 0 radical (unpaired) electrons. The van der Waals surface area contributed by atoms with Crippen LogP contribution in [-0.2, 0) is 9.53 Å². The number of nitrogen functional groups attached to an aromatic ring is 1. The number of likely N-dealkylation sites (N-methyl/N-ethyl adjacent to an activating group) is 1. The topological polar surface area (TPSA) is 122 Å². The highest BCUT2D eigenvalue weighted by atomic mass is 16.6. The number of amides is 2. The summed E-state index contributed by atoms with van der Waals surface area (Å²) in [5, 5.41) is 10.7. The van der Waals surface area contributed by atoms with Gasteiger partial charge < -0.3 is 20.7 Å².